The Morgan fingerprint density at radius 2 is 1.94 bits per heavy atom. The third-order valence-electron chi connectivity index (χ3n) is 2.17. The first-order valence-corrected chi connectivity index (χ1v) is 5.53. The molecule has 0 saturated heterocycles. The van der Waals surface area contributed by atoms with E-state index in [0.29, 0.717) is 19.1 Å². The van der Waals surface area contributed by atoms with Gasteiger partial charge in [-0.25, -0.2) is 4.79 Å². The van der Waals surface area contributed by atoms with Gasteiger partial charge in [-0.3, -0.25) is 4.79 Å². The Hall–Kier alpha value is -1.32. The summed E-state index contributed by atoms with van der Waals surface area (Å²) in [6.07, 6.45) is 1.20. The maximum absolute atomic E-state index is 11.6. The molecule has 0 N–H and O–H groups in total. The minimum Gasteiger partial charge on any atom is -0.464 e. The predicted octanol–water partition coefficient (Wildman–Crippen LogP) is 1.61. The largest absolute Gasteiger partial charge is 0.464 e. The first kappa shape index (κ1) is 14.7. The maximum atomic E-state index is 11.6. The van der Waals surface area contributed by atoms with Crippen LogP contribution in [0.4, 0.5) is 0 Å². The number of carbonyl (C=O) groups is 2. The van der Waals surface area contributed by atoms with E-state index in [1.54, 1.807) is 6.92 Å². The number of esters is 1. The van der Waals surface area contributed by atoms with Crippen molar-refractivity contribution in [1.82, 2.24) is 4.90 Å². The second-order valence-electron chi connectivity index (χ2n) is 4.03. The molecule has 16 heavy (non-hydrogen) atoms. The second-order valence-corrected chi connectivity index (χ2v) is 4.03. The number of hydrogen-bond donors (Lipinski definition) is 0. The zero-order valence-corrected chi connectivity index (χ0v) is 10.5. The van der Waals surface area contributed by atoms with E-state index >= 15 is 0 Å². The van der Waals surface area contributed by atoms with Gasteiger partial charge in [-0.05, 0) is 25.8 Å². The molecule has 0 bridgehead atoms. The summed E-state index contributed by atoms with van der Waals surface area (Å²) in [5.41, 5.74) is 0. The highest BCUT2D eigenvalue weighted by molar-refractivity contribution is 5.90. The van der Waals surface area contributed by atoms with Crippen molar-refractivity contribution in [2.24, 2.45) is 5.92 Å². The molecule has 92 valence electrons. The van der Waals surface area contributed by atoms with Crippen LogP contribution in [-0.4, -0.2) is 36.0 Å². The minimum absolute atomic E-state index is 0.253. The Morgan fingerprint density at radius 3 is 2.31 bits per heavy atom. The van der Waals surface area contributed by atoms with Crippen LogP contribution in [0.2, 0.25) is 0 Å². The molecule has 0 aliphatic rings. The van der Waals surface area contributed by atoms with E-state index in [-0.39, 0.29) is 11.9 Å². The van der Waals surface area contributed by atoms with Gasteiger partial charge in [-0.15, -0.1) is 0 Å². The smallest absolute Gasteiger partial charge is 0.328 e. The highest BCUT2D eigenvalue weighted by Crippen LogP contribution is 2.04. The lowest BCUT2D eigenvalue weighted by Gasteiger charge is -2.25. The van der Waals surface area contributed by atoms with Crippen LogP contribution in [0.15, 0.2) is 12.7 Å². The molecule has 1 amide bonds. The lowest BCUT2D eigenvalue weighted by atomic mass is 10.2. The zero-order chi connectivity index (χ0) is 12.7. The SMILES string of the molecule is C=CC(=O)N(CC)C(C)C(=O)OCC(C)C. The van der Waals surface area contributed by atoms with Crippen molar-refractivity contribution in [3.8, 4) is 0 Å². The summed E-state index contributed by atoms with van der Waals surface area (Å²) in [4.78, 5) is 24.5. The second kappa shape index (κ2) is 7.04. The third-order valence-corrected chi connectivity index (χ3v) is 2.17. The number of amides is 1. The molecular weight excluding hydrogens is 206 g/mol. The predicted molar refractivity (Wildman–Crippen MR) is 62.8 cm³/mol. The Balaban J connectivity index is 4.38. The summed E-state index contributed by atoms with van der Waals surface area (Å²) >= 11 is 0. The molecule has 1 unspecified atom stereocenters. The van der Waals surface area contributed by atoms with Crippen molar-refractivity contribution >= 4 is 11.9 Å². The molecule has 0 saturated carbocycles. The van der Waals surface area contributed by atoms with E-state index in [4.69, 9.17) is 4.74 Å². The van der Waals surface area contributed by atoms with Gasteiger partial charge in [0, 0.05) is 6.54 Å². The van der Waals surface area contributed by atoms with E-state index in [1.165, 1.54) is 11.0 Å². The monoisotopic (exact) mass is 227 g/mol. The summed E-state index contributed by atoms with van der Waals surface area (Å²) in [6.45, 7) is 11.6. The fourth-order valence-corrected chi connectivity index (χ4v) is 1.23. The van der Waals surface area contributed by atoms with Crippen molar-refractivity contribution in [3.05, 3.63) is 12.7 Å². The summed E-state index contributed by atoms with van der Waals surface area (Å²) in [5.74, 6) is -0.330. The molecule has 4 nitrogen and oxygen atoms in total. The Kier molecular flexibility index (Phi) is 6.46. The highest BCUT2D eigenvalue weighted by Gasteiger charge is 2.24. The first-order valence-electron chi connectivity index (χ1n) is 5.53. The summed E-state index contributed by atoms with van der Waals surface area (Å²) in [6, 6.07) is -0.561. The van der Waals surface area contributed by atoms with E-state index in [0.717, 1.165) is 0 Å². The normalized spacial score (nSPS) is 12.1. The van der Waals surface area contributed by atoms with Crippen LogP contribution in [0, 0.1) is 5.92 Å². The van der Waals surface area contributed by atoms with Crippen molar-refractivity contribution in [2.75, 3.05) is 13.2 Å². The lowest BCUT2D eigenvalue weighted by Crippen LogP contribution is -2.43. The molecule has 0 aliphatic carbocycles. The van der Waals surface area contributed by atoms with Crippen LogP contribution in [-0.2, 0) is 14.3 Å². The van der Waals surface area contributed by atoms with Crippen molar-refractivity contribution in [3.63, 3.8) is 0 Å². The molecule has 0 aromatic heterocycles. The fourth-order valence-electron chi connectivity index (χ4n) is 1.23. The van der Waals surface area contributed by atoms with Gasteiger partial charge in [-0.1, -0.05) is 20.4 Å². The number of nitrogens with zero attached hydrogens (tertiary/aromatic N) is 1. The number of carbonyl (C=O) groups excluding carboxylic acids is 2. The van der Waals surface area contributed by atoms with Crippen LogP contribution in [0.3, 0.4) is 0 Å². The van der Waals surface area contributed by atoms with Gasteiger partial charge in [0.15, 0.2) is 0 Å². The van der Waals surface area contributed by atoms with Crippen molar-refractivity contribution < 1.29 is 14.3 Å². The van der Waals surface area contributed by atoms with E-state index in [2.05, 4.69) is 6.58 Å². The summed E-state index contributed by atoms with van der Waals surface area (Å²) in [5, 5.41) is 0. The number of likely N-dealkylation sites (N-methyl/N-ethyl adjacent to an activating group) is 1. The van der Waals surface area contributed by atoms with E-state index in [9.17, 15) is 9.59 Å². The standard InChI is InChI=1S/C12H21NO3/c1-6-11(14)13(7-2)10(5)12(15)16-8-9(3)4/h6,9-10H,1,7-8H2,2-5H3. The van der Waals surface area contributed by atoms with Gasteiger partial charge < -0.3 is 9.64 Å². The van der Waals surface area contributed by atoms with Gasteiger partial charge in [0.05, 0.1) is 6.61 Å². The van der Waals surface area contributed by atoms with Gasteiger partial charge in [0.25, 0.3) is 0 Å². The molecule has 4 heteroatoms. The molecule has 0 aromatic carbocycles. The summed E-state index contributed by atoms with van der Waals surface area (Å²) < 4.78 is 5.08. The van der Waals surface area contributed by atoms with Gasteiger partial charge in [0.1, 0.15) is 6.04 Å². The molecule has 1 atom stereocenters. The molecule has 0 aromatic rings. The lowest BCUT2D eigenvalue weighted by molar-refractivity contribution is -0.153. The topological polar surface area (TPSA) is 46.6 Å². The molecule has 0 aliphatic heterocycles. The first-order chi connectivity index (χ1) is 7.43. The Bertz CT molecular complexity index is 261. The van der Waals surface area contributed by atoms with Crippen molar-refractivity contribution in [1.29, 1.82) is 0 Å². The van der Waals surface area contributed by atoms with E-state index < -0.39 is 6.04 Å². The molecule has 0 fully saturated rings. The number of rotatable bonds is 6. The summed E-state index contributed by atoms with van der Waals surface area (Å²) in [7, 11) is 0. The highest BCUT2D eigenvalue weighted by atomic mass is 16.5. The third kappa shape index (κ3) is 4.47. The van der Waals surface area contributed by atoms with Gasteiger partial charge >= 0.3 is 5.97 Å². The van der Waals surface area contributed by atoms with Gasteiger partial charge in [-0.2, -0.15) is 0 Å². The average molecular weight is 227 g/mol. The van der Waals surface area contributed by atoms with Crippen molar-refractivity contribution in [2.45, 2.75) is 33.7 Å². The van der Waals surface area contributed by atoms with E-state index in [1.807, 2.05) is 20.8 Å². The Morgan fingerprint density at radius 1 is 1.38 bits per heavy atom. The fraction of sp³-hybridized carbons (Fsp3) is 0.667. The van der Waals surface area contributed by atoms with Crippen LogP contribution in [0.25, 0.3) is 0 Å². The zero-order valence-electron chi connectivity index (χ0n) is 10.5. The number of hydrogen-bond acceptors (Lipinski definition) is 3. The Labute approximate surface area is 97.3 Å². The van der Waals surface area contributed by atoms with Crippen LogP contribution in [0.5, 0.6) is 0 Å². The molecule has 0 rings (SSSR count). The van der Waals surface area contributed by atoms with Crippen LogP contribution in [0.1, 0.15) is 27.7 Å². The van der Waals surface area contributed by atoms with Crippen LogP contribution >= 0.6 is 0 Å². The minimum atomic E-state index is -0.561. The van der Waals surface area contributed by atoms with Crippen LogP contribution < -0.4 is 0 Å². The molecule has 0 radical (unpaired) electrons. The van der Waals surface area contributed by atoms with Gasteiger partial charge in [0.2, 0.25) is 5.91 Å². The quantitative estimate of drug-likeness (QED) is 0.511. The molecule has 0 heterocycles. The average Bonchev–Trinajstić information content (AvgIpc) is 2.26. The molecule has 0 spiro atoms. The molecular formula is C12H21NO3. The maximum Gasteiger partial charge on any atom is 0.328 e. The number of ether oxygens (including phenoxy) is 1.